The summed E-state index contributed by atoms with van der Waals surface area (Å²) < 4.78 is 0. The van der Waals surface area contributed by atoms with Crippen LogP contribution in [0, 0.1) is 0 Å². The Hall–Kier alpha value is -2.37. The van der Waals surface area contributed by atoms with Gasteiger partial charge in [-0.15, -0.1) is 0 Å². The van der Waals surface area contributed by atoms with Crippen molar-refractivity contribution >= 4 is 23.5 Å². The van der Waals surface area contributed by atoms with E-state index in [-0.39, 0.29) is 30.2 Å². The fraction of sp³-hybridized carbons (Fsp3) is 0.182. The van der Waals surface area contributed by atoms with E-state index in [0.29, 0.717) is 5.69 Å². The number of carbonyl (C=O) groups is 3. The first-order valence-corrected chi connectivity index (χ1v) is 5.04. The maximum Gasteiger partial charge on any atom is 0.335 e. The predicted octanol–water partition coefficient (Wildman–Crippen LogP) is 0.861. The molecule has 0 radical (unpaired) electrons. The maximum absolute atomic E-state index is 11.3. The molecule has 1 saturated heterocycles. The van der Waals surface area contributed by atoms with Gasteiger partial charge in [0.25, 0.3) is 0 Å². The molecule has 2 amide bonds. The van der Waals surface area contributed by atoms with Crippen LogP contribution in [0.4, 0.5) is 5.69 Å². The van der Waals surface area contributed by atoms with Crippen molar-refractivity contribution in [3.05, 3.63) is 29.8 Å². The Morgan fingerprint density at radius 2 is 1.65 bits per heavy atom. The molecule has 1 aromatic carbocycles. The highest BCUT2D eigenvalue weighted by atomic mass is 16.4. The highest BCUT2D eigenvalue weighted by Crippen LogP contribution is 2.16. The van der Waals surface area contributed by atoms with Crippen LogP contribution in [0.1, 0.15) is 23.2 Å². The Kier molecular flexibility index (Phi) is 2.78. The number of carboxylic acid groups (broad SMARTS) is 1. The number of amides is 2. The molecule has 0 unspecified atom stereocenters. The van der Waals surface area contributed by atoms with Crippen LogP contribution in [0.25, 0.3) is 0 Å². The third kappa shape index (κ3) is 2.25. The quantitative estimate of drug-likeness (QED) is 0.757. The van der Waals surface area contributed by atoms with Crippen LogP contribution in [-0.4, -0.2) is 27.9 Å². The van der Waals surface area contributed by atoms with Crippen LogP contribution in [-0.2, 0) is 9.59 Å². The molecule has 1 aromatic rings. The van der Waals surface area contributed by atoms with E-state index in [1.807, 2.05) is 0 Å². The molecule has 0 atom stereocenters. The van der Waals surface area contributed by atoms with E-state index in [1.54, 1.807) is 0 Å². The predicted molar refractivity (Wildman–Crippen MR) is 58.1 cm³/mol. The molecule has 2 N–H and O–H groups in total. The number of hydrogen-bond donors (Lipinski definition) is 2. The summed E-state index contributed by atoms with van der Waals surface area (Å²) in [6.45, 7) is 0. The van der Waals surface area contributed by atoms with E-state index in [2.05, 4.69) is 5.43 Å². The third-order valence-electron chi connectivity index (χ3n) is 2.42. The first-order valence-electron chi connectivity index (χ1n) is 5.04. The standard InChI is InChI=1S/C11H10N2O4/c14-9-5-6-10(15)13(9)12-8-3-1-7(2-4-8)11(16)17/h1-4,12H,5-6H2,(H,16,17). The van der Waals surface area contributed by atoms with Gasteiger partial charge in [0.05, 0.1) is 11.3 Å². The Morgan fingerprint density at radius 1 is 1.12 bits per heavy atom. The first-order chi connectivity index (χ1) is 8.08. The third-order valence-corrected chi connectivity index (χ3v) is 2.42. The van der Waals surface area contributed by atoms with E-state index in [4.69, 9.17) is 5.11 Å². The van der Waals surface area contributed by atoms with E-state index in [1.165, 1.54) is 24.3 Å². The minimum Gasteiger partial charge on any atom is -0.478 e. The summed E-state index contributed by atoms with van der Waals surface area (Å²) in [5.74, 6) is -1.58. The lowest BCUT2D eigenvalue weighted by Gasteiger charge is -2.16. The zero-order chi connectivity index (χ0) is 12.4. The number of carbonyl (C=O) groups excluding carboxylic acids is 2. The van der Waals surface area contributed by atoms with Gasteiger partial charge in [0.15, 0.2) is 0 Å². The molecule has 0 saturated carbocycles. The fourth-order valence-corrected chi connectivity index (χ4v) is 1.52. The highest BCUT2D eigenvalue weighted by Gasteiger charge is 2.29. The van der Waals surface area contributed by atoms with Gasteiger partial charge in [-0.05, 0) is 24.3 Å². The van der Waals surface area contributed by atoms with Crippen LogP contribution < -0.4 is 5.43 Å². The summed E-state index contributed by atoms with van der Waals surface area (Å²) in [5.41, 5.74) is 3.29. The Bertz CT molecular complexity index is 465. The van der Waals surface area contributed by atoms with Crippen LogP contribution in [0.3, 0.4) is 0 Å². The second-order valence-electron chi connectivity index (χ2n) is 3.62. The average molecular weight is 234 g/mol. The molecule has 17 heavy (non-hydrogen) atoms. The SMILES string of the molecule is O=C(O)c1ccc(NN2C(=O)CCC2=O)cc1. The van der Waals surface area contributed by atoms with Gasteiger partial charge in [-0.2, -0.15) is 5.01 Å². The van der Waals surface area contributed by atoms with E-state index in [9.17, 15) is 14.4 Å². The molecular weight excluding hydrogens is 224 g/mol. The largest absolute Gasteiger partial charge is 0.478 e. The minimum atomic E-state index is -1.02. The lowest BCUT2D eigenvalue weighted by atomic mass is 10.2. The van der Waals surface area contributed by atoms with Gasteiger partial charge in [0.2, 0.25) is 11.8 Å². The minimum absolute atomic E-state index is 0.148. The monoisotopic (exact) mass is 234 g/mol. The zero-order valence-corrected chi connectivity index (χ0v) is 8.84. The molecule has 0 spiro atoms. The van der Waals surface area contributed by atoms with Crippen molar-refractivity contribution in [2.75, 3.05) is 5.43 Å². The number of hydrazine groups is 1. The van der Waals surface area contributed by atoms with E-state index >= 15 is 0 Å². The van der Waals surface area contributed by atoms with Gasteiger partial charge in [-0.25, -0.2) is 4.79 Å². The molecule has 0 bridgehead atoms. The number of nitrogens with one attached hydrogen (secondary N) is 1. The van der Waals surface area contributed by atoms with Crippen LogP contribution >= 0.6 is 0 Å². The summed E-state index contributed by atoms with van der Waals surface area (Å²) in [6.07, 6.45) is 0.415. The maximum atomic E-state index is 11.3. The molecule has 6 nitrogen and oxygen atoms in total. The number of hydrogen-bond acceptors (Lipinski definition) is 4. The Balaban J connectivity index is 2.11. The molecule has 0 aromatic heterocycles. The van der Waals surface area contributed by atoms with Crippen LogP contribution in [0.2, 0.25) is 0 Å². The zero-order valence-electron chi connectivity index (χ0n) is 8.84. The van der Waals surface area contributed by atoms with Gasteiger partial charge < -0.3 is 5.11 Å². The molecule has 1 heterocycles. The summed E-state index contributed by atoms with van der Waals surface area (Å²) in [4.78, 5) is 33.2. The lowest BCUT2D eigenvalue weighted by Crippen LogP contribution is -2.34. The van der Waals surface area contributed by atoms with Crippen molar-refractivity contribution in [3.63, 3.8) is 0 Å². The smallest absolute Gasteiger partial charge is 0.335 e. The second-order valence-corrected chi connectivity index (χ2v) is 3.62. The van der Waals surface area contributed by atoms with E-state index in [0.717, 1.165) is 5.01 Å². The number of carboxylic acids is 1. The summed E-state index contributed by atoms with van der Waals surface area (Å²) in [7, 11) is 0. The van der Waals surface area contributed by atoms with Crippen molar-refractivity contribution in [2.24, 2.45) is 0 Å². The number of nitrogens with zero attached hydrogens (tertiary/aromatic N) is 1. The summed E-state index contributed by atoms with van der Waals surface area (Å²) in [5, 5.41) is 9.66. The molecule has 1 aliphatic heterocycles. The summed E-state index contributed by atoms with van der Waals surface area (Å²) >= 11 is 0. The van der Waals surface area contributed by atoms with Crippen molar-refractivity contribution < 1.29 is 19.5 Å². The number of benzene rings is 1. The summed E-state index contributed by atoms with van der Waals surface area (Å²) in [6, 6.07) is 5.80. The molecule has 1 aliphatic rings. The normalized spacial score (nSPS) is 15.2. The number of rotatable bonds is 3. The molecule has 2 rings (SSSR count). The van der Waals surface area contributed by atoms with Crippen molar-refractivity contribution in [2.45, 2.75) is 12.8 Å². The van der Waals surface area contributed by atoms with Gasteiger partial charge in [0.1, 0.15) is 0 Å². The van der Waals surface area contributed by atoms with E-state index < -0.39 is 5.97 Å². The van der Waals surface area contributed by atoms with Crippen molar-refractivity contribution in [1.29, 1.82) is 0 Å². The molecule has 0 aliphatic carbocycles. The second kappa shape index (κ2) is 4.25. The first kappa shape index (κ1) is 11.1. The molecular formula is C11H10N2O4. The van der Waals surface area contributed by atoms with Crippen LogP contribution in [0.15, 0.2) is 24.3 Å². The molecule has 1 fully saturated rings. The molecule has 6 heteroatoms. The lowest BCUT2D eigenvalue weighted by molar-refractivity contribution is -0.136. The topological polar surface area (TPSA) is 86.7 Å². The van der Waals surface area contributed by atoms with Gasteiger partial charge in [-0.3, -0.25) is 15.0 Å². The number of anilines is 1. The van der Waals surface area contributed by atoms with Crippen LogP contribution in [0.5, 0.6) is 0 Å². The number of aromatic carboxylic acids is 1. The van der Waals surface area contributed by atoms with Crippen molar-refractivity contribution in [3.8, 4) is 0 Å². The highest BCUT2D eigenvalue weighted by molar-refractivity contribution is 6.03. The average Bonchev–Trinajstić information content (AvgIpc) is 2.61. The Morgan fingerprint density at radius 3 is 2.12 bits per heavy atom. The van der Waals surface area contributed by atoms with Gasteiger partial charge in [-0.1, -0.05) is 0 Å². The fourth-order valence-electron chi connectivity index (χ4n) is 1.52. The number of imide groups is 1. The van der Waals surface area contributed by atoms with Gasteiger partial charge in [0, 0.05) is 12.8 Å². The van der Waals surface area contributed by atoms with Crippen molar-refractivity contribution in [1.82, 2.24) is 5.01 Å². The Labute approximate surface area is 96.8 Å². The van der Waals surface area contributed by atoms with Gasteiger partial charge >= 0.3 is 5.97 Å². The molecule has 88 valence electrons.